The van der Waals surface area contributed by atoms with Crippen LogP contribution >= 0.6 is 0 Å². The first-order valence-corrected chi connectivity index (χ1v) is 9.60. The van der Waals surface area contributed by atoms with Crippen LogP contribution in [0, 0.1) is 13.8 Å². The Hall–Kier alpha value is -3.47. The molecular weight excluding hydrogens is 362 g/mol. The van der Waals surface area contributed by atoms with Gasteiger partial charge in [0.1, 0.15) is 5.69 Å². The molecule has 148 valence electrons. The van der Waals surface area contributed by atoms with Gasteiger partial charge in [-0.25, -0.2) is 0 Å². The van der Waals surface area contributed by atoms with Crippen LogP contribution in [0.3, 0.4) is 0 Å². The standard InChI is InChI=1S/C24H25N3O2/c1-15(2)19-10-5-6-11-20(19)26-23(28)18-12-13-25-21(14-18)24(29)27-22-16(3)8-7-9-17(22)4/h5-15H,1-4H3,(H,26,28)(H,27,29). The van der Waals surface area contributed by atoms with Gasteiger partial charge in [0.15, 0.2) is 0 Å². The zero-order valence-corrected chi connectivity index (χ0v) is 17.1. The second-order valence-electron chi connectivity index (χ2n) is 7.35. The second kappa shape index (κ2) is 8.69. The number of anilines is 2. The largest absolute Gasteiger partial charge is 0.322 e. The quantitative estimate of drug-likeness (QED) is 0.622. The lowest BCUT2D eigenvalue weighted by atomic mass is 10.0. The van der Waals surface area contributed by atoms with Gasteiger partial charge in [-0.15, -0.1) is 0 Å². The Labute approximate surface area is 171 Å². The summed E-state index contributed by atoms with van der Waals surface area (Å²) in [4.78, 5) is 29.6. The molecular formula is C24H25N3O2. The normalized spacial score (nSPS) is 10.7. The zero-order valence-electron chi connectivity index (χ0n) is 17.1. The van der Waals surface area contributed by atoms with Crippen LogP contribution in [0.25, 0.3) is 0 Å². The molecule has 3 aromatic rings. The molecule has 2 N–H and O–H groups in total. The molecule has 0 saturated carbocycles. The van der Waals surface area contributed by atoms with Gasteiger partial charge in [0.2, 0.25) is 0 Å². The van der Waals surface area contributed by atoms with E-state index in [4.69, 9.17) is 0 Å². The lowest BCUT2D eigenvalue weighted by Gasteiger charge is -2.14. The molecule has 0 aliphatic heterocycles. The monoisotopic (exact) mass is 387 g/mol. The molecule has 0 radical (unpaired) electrons. The summed E-state index contributed by atoms with van der Waals surface area (Å²) < 4.78 is 0. The number of carbonyl (C=O) groups is 2. The first-order chi connectivity index (χ1) is 13.9. The average molecular weight is 387 g/mol. The minimum atomic E-state index is -0.348. The van der Waals surface area contributed by atoms with Crippen LogP contribution in [0.15, 0.2) is 60.8 Å². The predicted octanol–water partition coefficient (Wildman–Crippen LogP) is 5.33. The molecule has 5 heteroatoms. The number of nitrogens with one attached hydrogen (secondary N) is 2. The minimum Gasteiger partial charge on any atom is -0.322 e. The minimum absolute atomic E-state index is 0.192. The van der Waals surface area contributed by atoms with Crippen molar-refractivity contribution >= 4 is 23.2 Å². The fourth-order valence-electron chi connectivity index (χ4n) is 3.19. The molecule has 0 aliphatic rings. The number of hydrogen-bond donors (Lipinski definition) is 2. The number of nitrogens with zero attached hydrogens (tertiary/aromatic N) is 1. The zero-order chi connectivity index (χ0) is 21.0. The molecule has 2 aromatic carbocycles. The second-order valence-corrected chi connectivity index (χ2v) is 7.35. The van der Waals surface area contributed by atoms with Crippen molar-refractivity contribution in [1.82, 2.24) is 4.98 Å². The van der Waals surface area contributed by atoms with E-state index in [0.717, 1.165) is 28.1 Å². The first-order valence-electron chi connectivity index (χ1n) is 9.60. The predicted molar refractivity (Wildman–Crippen MR) is 117 cm³/mol. The summed E-state index contributed by atoms with van der Waals surface area (Å²) >= 11 is 0. The highest BCUT2D eigenvalue weighted by Gasteiger charge is 2.15. The van der Waals surface area contributed by atoms with E-state index >= 15 is 0 Å². The molecule has 0 spiro atoms. The van der Waals surface area contributed by atoms with Gasteiger partial charge in [-0.1, -0.05) is 50.2 Å². The van der Waals surface area contributed by atoms with Crippen LogP contribution in [0.4, 0.5) is 11.4 Å². The smallest absolute Gasteiger partial charge is 0.274 e. The SMILES string of the molecule is Cc1cccc(C)c1NC(=O)c1cc(C(=O)Nc2ccccc2C(C)C)ccn1. The van der Waals surface area contributed by atoms with Crippen LogP contribution in [0.2, 0.25) is 0 Å². The summed E-state index contributed by atoms with van der Waals surface area (Å²) in [6.45, 7) is 8.03. The molecule has 0 saturated heterocycles. The fraction of sp³-hybridized carbons (Fsp3) is 0.208. The maximum atomic E-state index is 12.8. The van der Waals surface area contributed by atoms with Crippen molar-refractivity contribution in [3.8, 4) is 0 Å². The third-order valence-electron chi connectivity index (χ3n) is 4.81. The van der Waals surface area contributed by atoms with Gasteiger partial charge in [0, 0.05) is 23.1 Å². The fourth-order valence-corrected chi connectivity index (χ4v) is 3.19. The number of amides is 2. The van der Waals surface area contributed by atoms with Crippen molar-refractivity contribution in [1.29, 1.82) is 0 Å². The highest BCUT2D eigenvalue weighted by molar-refractivity contribution is 6.08. The van der Waals surface area contributed by atoms with Crippen LogP contribution in [-0.2, 0) is 0 Å². The molecule has 1 aromatic heterocycles. The molecule has 0 aliphatic carbocycles. The third-order valence-corrected chi connectivity index (χ3v) is 4.81. The third kappa shape index (κ3) is 4.69. The van der Waals surface area contributed by atoms with Crippen LogP contribution < -0.4 is 10.6 Å². The van der Waals surface area contributed by atoms with E-state index in [2.05, 4.69) is 29.5 Å². The Morgan fingerprint density at radius 1 is 0.862 bits per heavy atom. The van der Waals surface area contributed by atoms with E-state index in [-0.39, 0.29) is 23.4 Å². The summed E-state index contributed by atoms with van der Waals surface area (Å²) in [7, 11) is 0. The van der Waals surface area contributed by atoms with Crippen molar-refractivity contribution in [3.05, 3.63) is 88.7 Å². The first kappa shape index (κ1) is 20.3. The van der Waals surface area contributed by atoms with Crippen LogP contribution in [0.5, 0.6) is 0 Å². The Morgan fingerprint density at radius 2 is 1.55 bits per heavy atom. The van der Waals surface area contributed by atoms with Crippen molar-refractivity contribution in [2.75, 3.05) is 10.6 Å². The molecule has 1 heterocycles. The highest BCUT2D eigenvalue weighted by Crippen LogP contribution is 2.24. The summed E-state index contributed by atoms with van der Waals surface area (Å²) in [5.74, 6) is -0.344. The van der Waals surface area contributed by atoms with Crippen LogP contribution in [-0.4, -0.2) is 16.8 Å². The summed E-state index contributed by atoms with van der Waals surface area (Å²) in [5, 5.41) is 5.85. The Kier molecular flexibility index (Phi) is 6.07. The lowest BCUT2D eigenvalue weighted by molar-refractivity contribution is 0.102. The molecule has 2 amide bonds. The number of rotatable bonds is 5. The Balaban J connectivity index is 1.81. The van der Waals surface area contributed by atoms with Gasteiger partial charge in [-0.3, -0.25) is 14.6 Å². The van der Waals surface area contributed by atoms with Gasteiger partial charge in [0.05, 0.1) is 0 Å². The number of aryl methyl sites for hydroxylation is 2. The summed E-state index contributed by atoms with van der Waals surface area (Å²) in [6, 6.07) is 16.6. The van der Waals surface area contributed by atoms with Crippen LogP contribution in [0.1, 0.15) is 57.3 Å². The maximum Gasteiger partial charge on any atom is 0.274 e. The van der Waals surface area contributed by atoms with E-state index in [0.29, 0.717) is 5.56 Å². The highest BCUT2D eigenvalue weighted by atomic mass is 16.2. The molecule has 0 atom stereocenters. The molecule has 5 nitrogen and oxygen atoms in total. The Bertz CT molecular complexity index is 1040. The van der Waals surface area contributed by atoms with Crippen molar-refractivity contribution in [2.24, 2.45) is 0 Å². The van der Waals surface area contributed by atoms with Gasteiger partial charge in [-0.05, 0) is 54.7 Å². The van der Waals surface area contributed by atoms with Crippen molar-refractivity contribution in [2.45, 2.75) is 33.6 Å². The van der Waals surface area contributed by atoms with Gasteiger partial charge >= 0.3 is 0 Å². The number of carbonyl (C=O) groups excluding carboxylic acids is 2. The van der Waals surface area contributed by atoms with E-state index in [1.165, 1.54) is 12.3 Å². The van der Waals surface area contributed by atoms with E-state index in [9.17, 15) is 9.59 Å². The maximum absolute atomic E-state index is 12.8. The average Bonchev–Trinajstić information content (AvgIpc) is 2.71. The molecule has 29 heavy (non-hydrogen) atoms. The van der Waals surface area contributed by atoms with Gasteiger partial charge in [-0.2, -0.15) is 0 Å². The van der Waals surface area contributed by atoms with E-state index < -0.39 is 0 Å². The Morgan fingerprint density at radius 3 is 2.24 bits per heavy atom. The number of benzene rings is 2. The van der Waals surface area contributed by atoms with Crippen molar-refractivity contribution < 1.29 is 9.59 Å². The molecule has 0 fully saturated rings. The van der Waals surface area contributed by atoms with Gasteiger partial charge in [0.25, 0.3) is 11.8 Å². The number of pyridine rings is 1. The van der Waals surface area contributed by atoms with E-state index in [1.54, 1.807) is 6.07 Å². The topological polar surface area (TPSA) is 71.1 Å². The number of hydrogen-bond acceptors (Lipinski definition) is 3. The molecule has 3 rings (SSSR count). The summed E-state index contributed by atoms with van der Waals surface area (Å²) in [6.07, 6.45) is 1.48. The summed E-state index contributed by atoms with van der Waals surface area (Å²) in [5.41, 5.74) is 5.10. The van der Waals surface area contributed by atoms with Crippen molar-refractivity contribution in [3.63, 3.8) is 0 Å². The number of para-hydroxylation sites is 2. The molecule has 0 unspecified atom stereocenters. The molecule has 0 bridgehead atoms. The van der Waals surface area contributed by atoms with E-state index in [1.807, 2.05) is 56.3 Å². The van der Waals surface area contributed by atoms with Gasteiger partial charge < -0.3 is 10.6 Å². The number of aromatic nitrogens is 1. The lowest BCUT2D eigenvalue weighted by Crippen LogP contribution is -2.18.